The molecule has 0 atom stereocenters. The summed E-state index contributed by atoms with van der Waals surface area (Å²) in [5.74, 6) is 0.776. The highest BCUT2D eigenvalue weighted by Crippen LogP contribution is 1.97. The largest absolute Gasteiger partial charge is 0.385 e. The van der Waals surface area contributed by atoms with Gasteiger partial charge < -0.3 is 25.6 Å². The first-order chi connectivity index (χ1) is 13.2. The number of amides is 1. The number of methoxy groups -OCH3 is 1. The van der Waals surface area contributed by atoms with Crippen molar-refractivity contribution in [3.8, 4) is 0 Å². The van der Waals surface area contributed by atoms with Gasteiger partial charge in [-0.15, -0.1) is 0 Å². The average Bonchev–Trinajstić information content (AvgIpc) is 2.68. The molecule has 1 amide bonds. The summed E-state index contributed by atoms with van der Waals surface area (Å²) in [5.41, 5.74) is 0.686. The number of nitrogens with zero attached hydrogens (tertiary/aromatic N) is 2. The Labute approximate surface area is 163 Å². The number of benzene rings is 1. The van der Waals surface area contributed by atoms with Gasteiger partial charge in [-0.1, -0.05) is 18.2 Å². The predicted octanol–water partition coefficient (Wildman–Crippen LogP) is 1.33. The number of aliphatic imine (C=N–C) groups is 1. The summed E-state index contributed by atoms with van der Waals surface area (Å²) in [5, 5.41) is 9.51. The molecule has 0 spiro atoms. The van der Waals surface area contributed by atoms with Crippen LogP contribution in [0.5, 0.6) is 0 Å². The molecule has 0 radical (unpaired) electrons. The van der Waals surface area contributed by atoms with E-state index in [2.05, 4.69) is 32.9 Å². The Morgan fingerprint density at radius 3 is 2.56 bits per heavy atom. The minimum absolute atomic E-state index is 0.0406. The summed E-state index contributed by atoms with van der Waals surface area (Å²) >= 11 is 0. The van der Waals surface area contributed by atoms with Crippen LogP contribution in [-0.4, -0.2) is 76.8 Å². The molecule has 152 valence electrons. The van der Waals surface area contributed by atoms with Gasteiger partial charge in [0.05, 0.1) is 0 Å². The van der Waals surface area contributed by atoms with Crippen LogP contribution in [0.25, 0.3) is 0 Å². The Morgan fingerprint density at radius 1 is 1.07 bits per heavy atom. The van der Waals surface area contributed by atoms with Gasteiger partial charge >= 0.3 is 0 Å². The third-order valence-corrected chi connectivity index (χ3v) is 3.94. The maximum absolute atomic E-state index is 12.0. The first kappa shape index (κ1) is 22.9. The third kappa shape index (κ3) is 11.2. The van der Waals surface area contributed by atoms with E-state index in [-0.39, 0.29) is 5.91 Å². The molecule has 0 unspecified atom stereocenters. The van der Waals surface area contributed by atoms with Crippen LogP contribution in [0.1, 0.15) is 30.1 Å². The van der Waals surface area contributed by atoms with Gasteiger partial charge in [-0.2, -0.15) is 0 Å². The topological polar surface area (TPSA) is 78.0 Å². The molecule has 0 heterocycles. The lowest BCUT2D eigenvalue weighted by Crippen LogP contribution is -2.41. The zero-order valence-corrected chi connectivity index (χ0v) is 17.0. The number of carbonyl (C=O) groups is 1. The highest BCUT2D eigenvalue weighted by Gasteiger charge is 2.03. The fourth-order valence-electron chi connectivity index (χ4n) is 2.46. The maximum Gasteiger partial charge on any atom is 0.251 e. The van der Waals surface area contributed by atoms with Gasteiger partial charge in [0.25, 0.3) is 5.91 Å². The van der Waals surface area contributed by atoms with Crippen molar-refractivity contribution in [3.05, 3.63) is 35.9 Å². The predicted molar refractivity (Wildman–Crippen MR) is 111 cm³/mol. The van der Waals surface area contributed by atoms with Crippen molar-refractivity contribution in [1.29, 1.82) is 0 Å². The molecule has 0 aliphatic heterocycles. The Bertz CT molecular complexity index is 536. The van der Waals surface area contributed by atoms with E-state index in [0.29, 0.717) is 18.7 Å². The quantitative estimate of drug-likeness (QED) is 0.275. The Balaban J connectivity index is 2.21. The number of rotatable bonds is 13. The molecule has 0 bridgehead atoms. The SMILES string of the molecule is CCNC(=NCCCNC(=O)c1ccccc1)NCCN(C)CCCOC. The van der Waals surface area contributed by atoms with E-state index in [1.54, 1.807) is 7.11 Å². The second-order valence-corrected chi connectivity index (χ2v) is 6.31. The lowest BCUT2D eigenvalue weighted by Gasteiger charge is -2.18. The van der Waals surface area contributed by atoms with E-state index in [1.165, 1.54) is 0 Å². The molecule has 1 aromatic carbocycles. The molecule has 0 aromatic heterocycles. The van der Waals surface area contributed by atoms with E-state index in [9.17, 15) is 4.79 Å². The molecule has 3 N–H and O–H groups in total. The highest BCUT2D eigenvalue weighted by molar-refractivity contribution is 5.94. The second kappa shape index (κ2) is 15.0. The summed E-state index contributed by atoms with van der Waals surface area (Å²) in [6.07, 6.45) is 1.84. The summed E-state index contributed by atoms with van der Waals surface area (Å²) in [7, 11) is 3.84. The van der Waals surface area contributed by atoms with Crippen molar-refractivity contribution in [2.75, 3.05) is 60.0 Å². The van der Waals surface area contributed by atoms with E-state index in [0.717, 1.165) is 51.6 Å². The number of ether oxygens (including phenoxy) is 1. The van der Waals surface area contributed by atoms with Crippen LogP contribution >= 0.6 is 0 Å². The Hall–Kier alpha value is -2.12. The molecule has 0 fully saturated rings. The number of nitrogens with one attached hydrogen (secondary N) is 3. The van der Waals surface area contributed by atoms with Crippen molar-refractivity contribution in [1.82, 2.24) is 20.9 Å². The van der Waals surface area contributed by atoms with Gasteiger partial charge in [0, 0.05) is 58.5 Å². The lowest BCUT2D eigenvalue weighted by molar-refractivity contribution is 0.0953. The number of guanidine groups is 1. The second-order valence-electron chi connectivity index (χ2n) is 6.31. The van der Waals surface area contributed by atoms with Crippen molar-refractivity contribution < 1.29 is 9.53 Å². The van der Waals surface area contributed by atoms with Gasteiger partial charge in [0.15, 0.2) is 5.96 Å². The summed E-state index contributed by atoms with van der Waals surface area (Å²) < 4.78 is 5.07. The summed E-state index contributed by atoms with van der Waals surface area (Å²) in [6, 6.07) is 9.25. The van der Waals surface area contributed by atoms with Crippen LogP contribution in [0.3, 0.4) is 0 Å². The number of hydrogen-bond acceptors (Lipinski definition) is 4. The van der Waals surface area contributed by atoms with E-state index < -0.39 is 0 Å². The molecular formula is C20H35N5O2. The standard InChI is InChI=1S/C20H35N5O2/c1-4-21-20(24-14-16-25(2)15-9-17-27-3)23-13-8-12-22-19(26)18-10-6-5-7-11-18/h5-7,10-11H,4,8-9,12-17H2,1-3H3,(H,22,26)(H2,21,23,24). The summed E-state index contributed by atoms with van der Waals surface area (Å²) in [6.45, 7) is 7.73. The minimum atomic E-state index is -0.0406. The van der Waals surface area contributed by atoms with Crippen molar-refractivity contribution >= 4 is 11.9 Å². The van der Waals surface area contributed by atoms with Crippen LogP contribution in [0, 0.1) is 0 Å². The van der Waals surface area contributed by atoms with Gasteiger partial charge in [-0.25, -0.2) is 0 Å². The maximum atomic E-state index is 12.0. The molecule has 0 aliphatic rings. The van der Waals surface area contributed by atoms with Crippen molar-refractivity contribution in [2.24, 2.45) is 4.99 Å². The van der Waals surface area contributed by atoms with Crippen LogP contribution in [0.2, 0.25) is 0 Å². The molecule has 7 heteroatoms. The summed E-state index contributed by atoms with van der Waals surface area (Å²) in [4.78, 5) is 18.8. The van der Waals surface area contributed by atoms with Crippen LogP contribution in [0.4, 0.5) is 0 Å². The molecule has 1 rings (SSSR count). The van der Waals surface area contributed by atoms with Gasteiger partial charge in [0.1, 0.15) is 0 Å². The van der Waals surface area contributed by atoms with Crippen LogP contribution in [0.15, 0.2) is 35.3 Å². The number of hydrogen-bond donors (Lipinski definition) is 3. The third-order valence-electron chi connectivity index (χ3n) is 3.94. The fraction of sp³-hybridized carbons (Fsp3) is 0.600. The normalized spacial score (nSPS) is 11.5. The van der Waals surface area contributed by atoms with Gasteiger partial charge in [0.2, 0.25) is 0 Å². The molecule has 7 nitrogen and oxygen atoms in total. The molecule has 1 aromatic rings. The Morgan fingerprint density at radius 2 is 1.85 bits per heavy atom. The molecule has 0 saturated carbocycles. The van der Waals surface area contributed by atoms with Gasteiger partial charge in [-0.3, -0.25) is 9.79 Å². The lowest BCUT2D eigenvalue weighted by atomic mass is 10.2. The molecule has 27 heavy (non-hydrogen) atoms. The first-order valence-corrected chi connectivity index (χ1v) is 9.70. The van der Waals surface area contributed by atoms with E-state index in [1.807, 2.05) is 37.3 Å². The van der Waals surface area contributed by atoms with Crippen LogP contribution in [-0.2, 0) is 4.74 Å². The smallest absolute Gasteiger partial charge is 0.251 e. The number of carbonyl (C=O) groups excluding carboxylic acids is 1. The van der Waals surface area contributed by atoms with E-state index in [4.69, 9.17) is 4.74 Å². The molecule has 0 saturated heterocycles. The Kier molecular flexibility index (Phi) is 12.7. The van der Waals surface area contributed by atoms with E-state index >= 15 is 0 Å². The molecular weight excluding hydrogens is 342 g/mol. The van der Waals surface area contributed by atoms with Crippen LogP contribution < -0.4 is 16.0 Å². The minimum Gasteiger partial charge on any atom is -0.385 e. The highest BCUT2D eigenvalue weighted by atomic mass is 16.5. The fourth-order valence-corrected chi connectivity index (χ4v) is 2.46. The van der Waals surface area contributed by atoms with Crippen molar-refractivity contribution in [3.63, 3.8) is 0 Å². The number of likely N-dealkylation sites (N-methyl/N-ethyl adjacent to an activating group) is 1. The first-order valence-electron chi connectivity index (χ1n) is 9.70. The zero-order chi connectivity index (χ0) is 19.7. The monoisotopic (exact) mass is 377 g/mol. The van der Waals surface area contributed by atoms with Crippen molar-refractivity contribution in [2.45, 2.75) is 19.8 Å². The zero-order valence-electron chi connectivity index (χ0n) is 17.0. The molecule has 0 aliphatic carbocycles. The average molecular weight is 378 g/mol. The van der Waals surface area contributed by atoms with Gasteiger partial charge in [-0.05, 0) is 38.9 Å².